The van der Waals surface area contributed by atoms with Crippen molar-refractivity contribution in [2.75, 3.05) is 4.47 Å². The second kappa shape index (κ2) is 7.62. The Bertz CT molecular complexity index is 1180. The highest BCUT2D eigenvalue weighted by atomic mass is 32.2. The molecule has 0 aliphatic carbocycles. The van der Waals surface area contributed by atoms with Crippen LogP contribution in [0.15, 0.2) is 39.9 Å². The zero-order chi connectivity index (χ0) is 20.5. The van der Waals surface area contributed by atoms with E-state index in [1.54, 1.807) is 31.3 Å². The van der Waals surface area contributed by atoms with Crippen molar-refractivity contribution in [3.63, 3.8) is 0 Å². The smallest absolute Gasteiger partial charge is 0.338 e. The molecule has 3 aromatic rings. The van der Waals surface area contributed by atoms with Gasteiger partial charge in [0.25, 0.3) is 0 Å². The number of pyridine rings is 1. The third kappa shape index (κ3) is 3.70. The molecule has 1 aromatic carbocycles. The van der Waals surface area contributed by atoms with Crippen molar-refractivity contribution >= 4 is 23.7 Å². The lowest BCUT2D eigenvalue weighted by Gasteiger charge is -2.13. The Labute approximate surface area is 171 Å². The van der Waals surface area contributed by atoms with Gasteiger partial charge in [-0.05, 0) is 50.5 Å². The van der Waals surface area contributed by atoms with Crippen LogP contribution in [0.4, 0.5) is 5.82 Å². The molecule has 3 heterocycles. The van der Waals surface area contributed by atoms with Crippen LogP contribution < -0.4 is 4.47 Å². The predicted octanol–water partition coefficient (Wildman–Crippen LogP) is 3.97. The molecular weight excluding hydrogens is 390 g/mol. The molecule has 29 heavy (non-hydrogen) atoms. The lowest BCUT2D eigenvalue weighted by atomic mass is 10.0. The Balaban J connectivity index is 1.63. The first-order valence-electron chi connectivity index (χ1n) is 8.81. The molecule has 0 fully saturated rings. The number of anilines is 1. The van der Waals surface area contributed by atoms with E-state index in [0.29, 0.717) is 34.3 Å². The van der Waals surface area contributed by atoms with Gasteiger partial charge in [-0.3, -0.25) is 5.21 Å². The van der Waals surface area contributed by atoms with Crippen LogP contribution in [0.2, 0.25) is 0 Å². The fourth-order valence-electron chi connectivity index (χ4n) is 2.84. The van der Waals surface area contributed by atoms with Gasteiger partial charge < -0.3 is 9.26 Å². The van der Waals surface area contributed by atoms with Gasteiger partial charge in [-0.25, -0.2) is 9.78 Å². The maximum Gasteiger partial charge on any atom is 0.338 e. The summed E-state index contributed by atoms with van der Waals surface area (Å²) in [6.45, 7) is 5.83. The van der Waals surface area contributed by atoms with Gasteiger partial charge in [0.2, 0.25) is 5.82 Å². The topological polar surface area (TPSA) is 88.7 Å². The zero-order valence-corrected chi connectivity index (χ0v) is 16.8. The summed E-state index contributed by atoms with van der Waals surface area (Å²) in [5, 5.41) is 14.3. The number of nitrogens with zero attached hydrogens (tertiary/aromatic N) is 3. The molecule has 0 amide bonds. The number of aryl methyl sites for hydroxylation is 2. The summed E-state index contributed by atoms with van der Waals surface area (Å²) in [5.74, 6) is 6.75. The standard InChI is InChI=1S/C21H17N3O4S/c1-12-9-16-11-27-21(25)17(16)10-15(12)6-7-18-19(5-4-8-22-18)29-24(26)20-13(2)14(3)28-23-20/h4-5,8-10,26H,11H2,1-3H3. The van der Waals surface area contributed by atoms with Crippen LogP contribution in [0.5, 0.6) is 0 Å². The maximum absolute atomic E-state index is 11.8. The van der Waals surface area contributed by atoms with E-state index >= 15 is 0 Å². The van der Waals surface area contributed by atoms with E-state index in [2.05, 4.69) is 22.0 Å². The van der Waals surface area contributed by atoms with Crippen LogP contribution in [-0.2, 0) is 11.3 Å². The number of fused-ring (bicyclic) bond motifs is 1. The molecule has 146 valence electrons. The first kappa shape index (κ1) is 19.1. The van der Waals surface area contributed by atoms with Gasteiger partial charge in [0.1, 0.15) is 18.1 Å². The molecule has 1 aliphatic heterocycles. The highest BCUT2D eigenvalue weighted by Gasteiger charge is 2.22. The summed E-state index contributed by atoms with van der Waals surface area (Å²) in [4.78, 5) is 16.8. The fraction of sp³-hybridized carbons (Fsp3) is 0.190. The minimum absolute atomic E-state index is 0.303. The molecule has 0 bridgehead atoms. The van der Waals surface area contributed by atoms with Gasteiger partial charge in [-0.15, -0.1) is 0 Å². The molecule has 0 spiro atoms. The van der Waals surface area contributed by atoms with Crippen LogP contribution in [0.3, 0.4) is 0 Å². The predicted molar refractivity (Wildman–Crippen MR) is 107 cm³/mol. The van der Waals surface area contributed by atoms with Crippen LogP contribution >= 0.6 is 11.9 Å². The Morgan fingerprint density at radius 3 is 2.83 bits per heavy atom. The SMILES string of the molecule is Cc1cc2c(cc1C#Cc1ncccc1SN(O)c1noc(C)c1C)C(=O)OC2. The molecule has 8 heteroatoms. The molecule has 0 saturated carbocycles. The summed E-state index contributed by atoms with van der Waals surface area (Å²) in [5.41, 5.74) is 4.36. The molecule has 7 nitrogen and oxygen atoms in total. The first-order chi connectivity index (χ1) is 13.9. The second-order valence-electron chi connectivity index (χ2n) is 6.55. The normalized spacial score (nSPS) is 12.2. The van der Waals surface area contributed by atoms with Gasteiger partial charge in [-0.2, -0.15) is 4.47 Å². The number of carbonyl (C=O) groups is 1. The molecule has 0 unspecified atom stereocenters. The summed E-state index contributed by atoms with van der Waals surface area (Å²) in [6, 6.07) is 7.24. The van der Waals surface area contributed by atoms with E-state index in [1.807, 2.05) is 19.9 Å². The number of hydrogen-bond acceptors (Lipinski definition) is 8. The molecule has 4 rings (SSSR count). The van der Waals surface area contributed by atoms with Crippen molar-refractivity contribution in [1.82, 2.24) is 10.1 Å². The number of ether oxygens (including phenoxy) is 1. The van der Waals surface area contributed by atoms with Gasteiger partial charge in [0.15, 0.2) is 0 Å². The van der Waals surface area contributed by atoms with Crippen molar-refractivity contribution in [1.29, 1.82) is 0 Å². The van der Waals surface area contributed by atoms with E-state index in [0.717, 1.165) is 38.7 Å². The number of hydrogen-bond donors (Lipinski definition) is 1. The van der Waals surface area contributed by atoms with Crippen molar-refractivity contribution in [3.8, 4) is 11.8 Å². The lowest BCUT2D eigenvalue weighted by Crippen LogP contribution is -2.09. The Kier molecular flexibility index (Phi) is 5.01. The summed E-state index contributed by atoms with van der Waals surface area (Å²) >= 11 is 1.04. The summed E-state index contributed by atoms with van der Waals surface area (Å²) in [7, 11) is 0. The minimum Gasteiger partial charge on any atom is -0.457 e. The van der Waals surface area contributed by atoms with Gasteiger partial charge in [0.05, 0.1) is 10.5 Å². The van der Waals surface area contributed by atoms with E-state index in [-0.39, 0.29) is 5.97 Å². The summed E-state index contributed by atoms with van der Waals surface area (Å²) < 4.78 is 11.1. The number of esters is 1. The molecule has 1 N–H and O–H groups in total. The van der Waals surface area contributed by atoms with Crippen molar-refractivity contribution in [3.05, 3.63) is 69.7 Å². The van der Waals surface area contributed by atoms with Crippen LogP contribution in [0, 0.1) is 32.6 Å². The first-order valence-corrected chi connectivity index (χ1v) is 9.59. The van der Waals surface area contributed by atoms with Crippen molar-refractivity contribution in [2.45, 2.75) is 32.3 Å². The molecule has 0 saturated heterocycles. The van der Waals surface area contributed by atoms with Crippen molar-refractivity contribution in [2.24, 2.45) is 0 Å². The Hall–Kier alpha value is -3.28. The average molecular weight is 407 g/mol. The zero-order valence-electron chi connectivity index (χ0n) is 16.0. The largest absolute Gasteiger partial charge is 0.457 e. The molecular formula is C21H17N3O4S. The quantitative estimate of drug-likeness (QED) is 0.302. The van der Waals surface area contributed by atoms with Crippen LogP contribution in [0.1, 0.15) is 44.1 Å². The molecule has 0 radical (unpaired) electrons. The summed E-state index contributed by atoms with van der Waals surface area (Å²) in [6.07, 6.45) is 1.63. The van der Waals surface area contributed by atoms with Gasteiger partial charge in [0, 0.05) is 34.8 Å². The molecule has 0 atom stereocenters. The van der Waals surface area contributed by atoms with E-state index < -0.39 is 0 Å². The number of cyclic esters (lactones) is 1. The third-order valence-corrected chi connectivity index (χ3v) is 5.49. The van der Waals surface area contributed by atoms with Gasteiger partial charge in [-0.1, -0.05) is 17.1 Å². The van der Waals surface area contributed by atoms with E-state index in [4.69, 9.17) is 9.26 Å². The molecule has 1 aliphatic rings. The molecule has 2 aromatic heterocycles. The third-order valence-electron chi connectivity index (χ3n) is 4.61. The number of benzene rings is 1. The van der Waals surface area contributed by atoms with Crippen LogP contribution in [0.25, 0.3) is 0 Å². The van der Waals surface area contributed by atoms with E-state index in [1.165, 1.54) is 0 Å². The highest BCUT2D eigenvalue weighted by molar-refractivity contribution is 8.00. The van der Waals surface area contributed by atoms with Crippen LogP contribution in [-0.4, -0.2) is 21.3 Å². The number of carbonyl (C=O) groups excluding carboxylic acids is 1. The van der Waals surface area contributed by atoms with Gasteiger partial charge >= 0.3 is 5.97 Å². The minimum atomic E-state index is -0.327. The second-order valence-corrected chi connectivity index (χ2v) is 7.52. The average Bonchev–Trinajstić information content (AvgIpc) is 3.23. The Morgan fingerprint density at radius 2 is 2.07 bits per heavy atom. The van der Waals surface area contributed by atoms with Crippen molar-refractivity contribution < 1.29 is 19.3 Å². The highest BCUT2D eigenvalue weighted by Crippen LogP contribution is 2.31. The maximum atomic E-state index is 11.8. The fourth-order valence-corrected chi connectivity index (χ4v) is 3.61. The lowest BCUT2D eigenvalue weighted by molar-refractivity contribution is 0.0535. The number of rotatable bonds is 3. The number of aromatic nitrogens is 2. The Morgan fingerprint density at radius 1 is 1.24 bits per heavy atom. The monoisotopic (exact) mass is 407 g/mol. The van der Waals surface area contributed by atoms with E-state index in [9.17, 15) is 10.0 Å².